The molecule has 0 spiro atoms. The first-order valence-electron chi connectivity index (χ1n) is 10.5. The van der Waals surface area contributed by atoms with Gasteiger partial charge in [0.05, 0.1) is 0 Å². The molecule has 1 aromatic rings. The lowest BCUT2D eigenvalue weighted by Gasteiger charge is -2.41. The van der Waals surface area contributed by atoms with E-state index >= 15 is 0 Å². The third kappa shape index (κ3) is 6.73. The van der Waals surface area contributed by atoms with E-state index in [0.29, 0.717) is 18.5 Å². The van der Waals surface area contributed by atoms with Gasteiger partial charge in [-0.25, -0.2) is 0 Å². The molecule has 0 saturated carbocycles. The Kier molecular flexibility index (Phi) is 9.72. The fraction of sp³-hybridized carbons (Fsp3) is 0.682. The van der Waals surface area contributed by atoms with Gasteiger partial charge in [0.2, 0.25) is 5.91 Å². The van der Waals surface area contributed by atoms with Gasteiger partial charge in [0.1, 0.15) is 0 Å². The standard InChI is InChI=1S/C22H35N3O2.ClH/c1-24(21-11-15-27-16-12-21)20-9-13-25(14-10-20)22(26)8-7-19(23)17-18-5-3-2-4-6-18;/h2-6,19-21H,7-17,23H2,1H3;1H/t19-;/m0./s1. The Morgan fingerprint density at radius 3 is 2.39 bits per heavy atom. The minimum absolute atomic E-state index is 0. The molecule has 0 bridgehead atoms. The maximum absolute atomic E-state index is 12.6. The van der Waals surface area contributed by atoms with Gasteiger partial charge in [-0.3, -0.25) is 4.79 Å². The molecule has 0 aliphatic carbocycles. The van der Waals surface area contributed by atoms with Crippen LogP contribution in [0, 0.1) is 0 Å². The molecular weight excluding hydrogens is 374 g/mol. The molecule has 2 saturated heterocycles. The van der Waals surface area contributed by atoms with E-state index in [2.05, 4.69) is 24.1 Å². The third-order valence-corrected chi connectivity index (χ3v) is 6.23. The minimum atomic E-state index is 0. The zero-order valence-electron chi connectivity index (χ0n) is 17.1. The Bertz CT molecular complexity index is 572. The molecule has 2 aliphatic heterocycles. The molecule has 5 nitrogen and oxygen atoms in total. The summed E-state index contributed by atoms with van der Waals surface area (Å²) in [7, 11) is 2.25. The summed E-state index contributed by atoms with van der Waals surface area (Å²) in [6.07, 6.45) is 6.59. The second-order valence-corrected chi connectivity index (χ2v) is 8.11. The number of amides is 1. The van der Waals surface area contributed by atoms with E-state index in [1.165, 1.54) is 5.56 Å². The molecule has 0 unspecified atom stereocenters. The summed E-state index contributed by atoms with van der Waals surface area (Å²) in [5.74, 6) is 0.269. The molecular formula is C22H36ClN3O2. The normalized spacial score (nSPS) is 20.0. The number of carbonyl (C=O) groups excluding carboxylic acids is 1. The van der Waals surface area contributed by atoms with Gasteiger partial charge in [0.15, 0.2) is 0 Å². The van der Waals surface area contributed by atoms with Gasteiger partial charge in [-0.05, 0) is 51.1 Å². The molecule has 0 aromatic heterocycles. The molecule has 158 valence electrons. The van der Waals surface area contributed by atoms with Crippen molar-refractivity contribution in [1.29, 1.82) is 0 Å². The van der Waals surface area contributed by atoms with E-state index in [9.17, 15) is 4.79 Å². The van der Waals surface area contributed by atoms with Gasteiger partial charge >= 0.3 is 0 Å². The number of nitrogens with two attached hydrogens (primary N) is 1. The molecule has 2 N–H and O–H groups in total. The number of hydrogen-bond acceptors (Lipinski definition) is 4. The molecule has 0 radical (unpaired) electrons. The van der Waals surface area contributed by atoms with Crippen LogP contribution < -0.4 is 5.73 Å². The van der Waals surface area contributed by atoms with Crippen LogP contribution >= 0.6 is 12.4 Å². The summed E-state index contributed by atoms with van der Waals surface area (Å²) in [6.45, 7) is 3.53. The van der Waals surface area contributed by atoms with Crippen molar-refractivity contribution in [2.75, 3.05) is 33.4 Å². The lowest BCUT2D eigenvalue weighted by molar-refractivity contribution is -0.133. The van der Waals surface area contributed by atoms with Crippen LogP contribution in [-0.2, 0) is 16.0 Å². The quantitative estimate of drug-likeness (QED) is 0.752. The Morgan fingerprint density at radius 2 is 1.75 bits per heavy atom. The number of likely N-dealkylation sites (tertiary alicyclic amines) is 1. The lowest BCUT2D eigenvalue weighted by atomic mass is 9.98. The molecule has 1 aromatic carbocycles. The Labute approximate surface area is 176 Å². The van der Waals surface area contributed by atoms with Crippen LogP contribution in [0.3, 0.4) is 0 Å². The van der Waals surface area contributed by atoms with Crippen molar-refractivity contribution in [3.05, 3.63) is 35.9 Å². The van der Waals surface area contributed by atoms with Crippen molar-refractivity contribution in [2.45, 2.75) is 63.1 Å². The van der Waals surface area contributed by atoms with Gasteiger partial charge < -0.3 is 20.3 Å². The number of benzene rings is 1. The van der Waals surface area contributed by atoms with Crippen LogP contribution in [0.15, 0.2) is 30.3 Å². The first-order valence-corrected chi connectivity index (χ1v) is 10.5. The molecule has 6 heteroatoms. The second kappa shape index (κ2) is 11.8. The summed E-state index contributed by atoms with van der Waals surface area (Å²) < 4.78 is 5.48. The molecule has 1 amide bonds. The number of halogens is 1. The van der Waals surface area contributed by atoms with Crippen LogP contribution in [0.4, 0.5) is 0 Å². The smallest absolute Gasteiger partial charge is 0.222 e. The Hall–Kier alpha value is -1.14. The molecule has 2 fully saturated rings. The summed E-state index contributed by atoms with van der Waals surface area (Å²) in [6, 6.07) is 11.6. The molecule has 1 atom stereocenters. The van der Waals surface area contributed by atoms with Crippen molar-refractivity contribution in [3.8, 4) is 0 Å². The van der Waals surface area contributed by atoms with E-state index in [4.69, 9.17) is 10.5 Å². The maximum Gasteiger partial charge on any atom is 0.222 e. The highest BCUT2D eigenvalue weighted by Crippen LogP contribution is 2.22. The fourth-order valence-corrected chi connectivity index (χ4v) is 4.40. The van der Waals surface area contributed by atoms with E-state index in [-0.39, 0.29) is 24.4 Å². The van der Waals surface area contributed by atoms with E-state index in [0.717, 1.165) is 64.8 Å². The van der Waals surface area contributed by atoms with E-state index in [1.54, 1.807) is 0 Å². The van der Waals surface area contributed by atoms with Crippen molar-refractivity contribution >= 4 is 18.3 Å². The first kappa shape index (κ1) is 23.1. The summed E-state index contributed by atoms with van der Waals surface area (Å²) in [4.78, 5) is 17.2. The van der Waals surface area contributed by atoms with E-state index in [1.807, 2.05) is 23.1 Å². The van der Waals surface area contributed by atoms with E-state index < -0.39 is 0 Å². The summed E-state index contributed by atoms with van der Waals surface area (Å²) in [5, 5.41) is 0. The molecule has 2 heterocycles. The predicted molar refractivity (Wildman–Crippen MR) is 116 cm³/mol. The maximum atomic E-state index is 12.6. The van der Waals surface area contributed by atoms with Crippen LogP contribution in [0.25, 0.3) is 0 Å². The highest BCUT2D eigenvalue weighted by Gasteiger charge is 2.29. The zero-order chi connectivity index (χ0) is 19.1. The SMILES string of the molecule is CN(C1CCOCC1)C1CCN(C(=O)CC[C@H](N)Cc2ccccc2)CC1.Cl. The highest BCUT2D eigenvalue weighted by molar-refractivity contribution is 5.85. The van der Waals surface area contributed by atoms with Crippen molar-refractivity contribution in [3.63, 3.8) is 0 Å². The lowest BCUT2D eigenvalue weighted by Crippen LogP contribution is -2.49. The number of nitrogens with zero attached hydrogens (tertiary/aromatic N) is 2. The van der Waals surface area contributed by atoms with Gasteiger partial charge in [-0.15, -0.1) is 12.4 Å². The Balaban J connectivity index is 0.00000280. The van der Waals surface area contributed by atoms with Gasteiger partial charge in [-0.2, -0.15) is 0 Å². The monoisotopic (exact) mass is 409 g/mol. The fourth-order valence-electron chi connectivity index (χ4n) is 4.40. The number of ether oxygens (including phenoxy) is 1. The average Bonchev–Trinajstić information content (AvgIpc) is 2.73. The molecule has 28 heavy (non-hydrogen) atoms. The van der Waals surface area contributed by atoms with Crippen LogP contribution in [0.5, 0.6) is 0 Å². The number of hydrogen-bond donors (Lipinski definition) is 1. The predicted octanol–water partition coefficient (Wildman–Crippen LogP) is 2.86. The number of carbonyl (C=O) groups is 1. The van der Waals surface area contributed by atoms with Crippen LogP contribution in [0.2, 0.25) is 0 Å². The largest absolute Gasteiger partial charge is 0.381 e. The first-order chi connectivity index (χ1) is 13.1. The highest BCUT2D eigenvalue weighted by atomic mass is 35.5. The number of piperidine rings is 1. The topological polar surface area (TPSA) is 58.8 Å². The van der Waals surface area contributed by atoms with Gasteiger partial charge in [-0.1, -0.05) is 30.3 Å². The summed E-state index contributed by atoms with van der Waals surface area (Å²) in [5.41, 5.74) is 7.49. The van der Waals surface area contributed by atoms with Crippen LogP contribution in [0.1, 0.15) is 44.1 Å². The second-order valence-electron chi connectivity index (χ2n) is 8.11. The van der Waals surface area contributed by atoms with Crippen LogP contribution in [-0.4, -0.2) is 67.2 Å². The zero-order valence-corrected chi connectivity index (χ0v) is 17.9. The van der Waals surface area contributed by atoms with Crippen molar-refractivity contribution in [2.24, 2.45) is 5.73 Å². The number of rotatable bonds is 7. The van der Waals surface area contributed by atoms with Gasteiger partial charge in [0, 0.05) is 50.8 Å². The third-order valence-electron chi connectivity index (χ3n) is 6.23. The Morgan fingerprint density at radius 1 is 1.14 bits per heavy atom. The molecule has 2 aliphatic rings. The molecule has 3 rings (SSSR count). The van der Waals surface area contributed by atoms with Crippen molar-refractivity contribution in [1.82, 2.24) is 9.80 Å². The minimum Gasteiger partial charge on any atom is -0.381 e. The summed E-state index contributed by atoms with van der Waals surface area (Å²) >= 11 is 0. The average molecular weight is 410 g/mol. The van der Waals surface area contributed by atoms with Crippen molar-refractivity contribution < 1.29 is 9.53 Å². The van der Waals surface area contributed by atoms with Gasteiger partial charge in [0.25, 0.3) is 0 Å².